The van der Waals surface area contributed by atoms with Crippen molar-refractivity contribution in [3.8, 4) is 0 Å². The molecule has 0 saturated carbocycles. The first kappa shape index (κ1) is 38.0. The van der Waals surface area contributed by atoms with E-state index in [1.54, 1.807) is 0 Å². The van der Waals surface area contributed by atoms with E-state index < -0.39 is 23.9 Å². The highest BCUT2D eigenvalue weighted by Crippen LogP contribution is 2.42. The summed E-state index contributed by atoms with van der Waals surface area (Å²) in [6, 6.07) is 23.2. The van der Waals surface area contributed by atoms with Gasteiger partial charge in [0, 0.05) is 23.7 Å². The Morgan fingerprint density at radius 2 is 0.577 bits per heavy atom. The average molecular weight is 705 g/mol. The lowest BCUT2D eigenvalue weighted by Gasteiger charge is -2.28. The molecule has 1 aliphatic carbocycles. The van der Waals surface area contributed by atoms with Gasteiger partial charge in [-0.3, -0.25) is 0 Å². The Kier molecular flexibility index (Phi) is 12.0. The molecule has 272 valence electrons. The highest BCUT2D eigenvalue weighted by Gasteiger charge is 2.31. The minimum atomic E-state index is -0.443. The molecule has 0 N–H and O–H groups in total. The molecule has 5 rings (SSSR count). The van der Waals surface area contributed by atoms with Crippen molar-refractivity contribution in [3.05, 3.63) is 140 Å². The van der Waals surface area contributed by atoms with E-state index in [4.69, 9.17) is 18.9 Å². The number of benzene rings is 4. The van der Waals surface area contributed by atoms with Crippen LogP contribution in [0.15, 0.2) is 72.8 Å². The van der Waals surface area contributed by atoms with Crippen molar-refractivity contribution in [1.82, 2.24) is 0 Å². The number of carbonyl (C=O) groups is 4. The molecule has 52 heavy (non-hydrogen) atoms. The maximum atomic E-state index is 13.3. The van der Waals surface area contributed by atoms with Gasteiger partial charge in [-0.2, -0.15) is 0 Å². The van der Waals surface area contributed by atoms with Crippen LogP contribution in [0.4, 0.5) is 0 Å². The lowest BCUT2D eigenvalue weighted by atomic mass is 9.76. The molecule has 4 unspecified atom stereocenters. The van der Waals surface area contributed by atoms with E-state index in [1.807, 2.05) is 48.5 Å². The SMILES string of the molecule is CCC1c2ccc(C(=O)OC)c(c2)C(CC)c2ccc(C(=O)OC)c(c2)C(CC)c2ccc(C(=O)OC)c(c2)C(CC)c2ccc(C(=O)OC)c1c2. The van der Waals surface area contributed by atoms with Gasteiger partial charge in [-0.15, -0.1) is 0 Å². The van der Waals surface area contributed by atoms with Crippen LogP contribution in [-0.4, -0.2) is 52.3 Å². The van der Waals surface area contributed by atoms with E-state index in [-0.39, 0.29) is 23.7 Å². The number of rotatable bonds is 8. The van der Waals surface area contributed by atoms with E-state index in [2.05, 4.69) is 52.0 Å². The summed E-state index contributed by atoms with van der Waals surface area (Å²) in [4.78, 5) is 53.3. The monoisotopic (exact) mass is 704 g/mol. The Hall–Kier alpha value is -5.24. The normalized spacial score (nSPS) is 17.8. The van der Waals surface area contributed by atoms with Crippen LogP contribution < -0.4 is 0 Å². The molecule has 1 aliphatic rings. The summed E-state index contributed by atoms with van der Waals surface area (Å²) in [5.41, 5.74) is 8.74. The Balaban J connectivity index is 1.96. The number of ether oxygens (including phenoxy) is 4. The van der Waals surface area contributed by atoms with Crippen LogP contribution in [0.1, 0.15) is 163 Å². The number of fused-ring (bicyclic) bond motifs is 8. The van der Waals surface area contributed by atoms with Crippen molar-refractivity contribution in [2.24, 2.45) is 0 Å². The first-order valence-corrected chi connectivity index (χ1v) is 18.0. The fourth-order valence-electron chi connectivity index (χ4n) is 8.07. The molecular weight excluding hydrogens is 656 g/mol. The molecular formula is C44H48O8. The molecule has 8 nitrogen and oxygen atoms in total. The van der Waals surface area contributed by atoms with Crippen LogP contribution in [0.25, 0.3) is 0 Å². The van der Waals surface area contributed by atoms with Crippen LogP contribution in [0, 0.1) is 0 Å². The zero-order chi connectivity index (χ0) is 37.7. The Labute approximate surface area is 306 Å². The second-order valence-corrected chi connectivity index (χ2v) is 13.2. The van der Waals surface area contributed by atoms with Crippen molar-refractivity contribution in [2.45, 2.75) is 77.0 Å². The summed E-state index contributed by atoms with van der Waals surface area (Å²) in [6.45, 7) is 8.28. The van der Waals surface area contributed by atoms with Gasteiger partial charge in [-0.05, 0) is 94.5 Å². The van der Waals surface area contributed by atoms with Gasteiger partial charge in [0.05, 0.1) is 50.7 Å². The fraction of sp³-hybridized carbons (Fsp3) is 0.364. The second-order valence-electron chi connectivity index (χ2n) is 13.2. The molecule has 4 atom stereocenters. The Morgan fingerprint density at radius 3 is 0.731 bits per heavy atom. The minimum Gasteiger partial charge on any atom is -0.465 e. The molecule has 8 bridgehead atoms. The lowest BCUT2D eigenvalue weighted by Crippen LogP contribution is -2.17. The third kappa shape index (κ3) is 6.99. The van der Waals surface area contributed by atoms with Gasteiger partial charge in [0.1, 0.15) is 0 Å². The third-order valence-corrected chi connectivity index (χ3v) is 10.7. The zero-order valence-electron chi connectivity index (χ0n) is 31.3. The van der Waals surface area contributed by atoms with Gasteiger partial charge in [-0.1, -0.05) is 76.2 Å². The summed E-state index contributed by atoms with van der Waals surface area (Å²) < 4.78 is 21.1. The molecule has 0 spiro atoms. The van der Waals surface area contributed by atoms with Gasteiger partial charge in [0.2, 0.25) is 0 Å². The maximum Gasteiger partial charge on any atom is 0.338 e. The summed E-state index contributed by atoms with van der Waals surface area (Å²) in [7, 11) is 5.51. The number of esters is 4. The molecule has 0 fully saturated rings. The zero-order valence-corrected chi connectivity index (χ0v) is 31.3. The van der Waals surface area contributed by atoms with Crippen LogP contribution in [0.5, 0.6) is 0 Å². The van der Waals surface area contributed by atoms with E-state index in [9.17, 15) is 19.2 Å². The molecule has 4 aromatic rings. The van der Waals surface area contributed by atoms with E-state index in [0.29, 0.717) is 47.9 Å². The molecule has 0 aromatic heterocycles. The van der Waals surface area contributed by atoms with Crippen LogP contribution in [0.2, 0.25) is 0 Å². The van der Waals surface area contributed by atoms with Crippen molar-refractivity contribution in [1.29, 1.82) is 0 Å². The van der Waals surface area contributed by atoms with Gasteiger partial charge >= 0.3 is 23.9 Å². The van der Waals surface area contributed by atoms with Crippen molar-refractivity contribution < 1.29 is 38.1 Å². The van der Waals surface area contributed by atoms with Gasteiger partial charge in [0.25, 0.3) is 0 Å². The van der Waals surface area contributed by atoms with E-state index in [1.165, 1.54) is 28.4 Å². The predicted molar refractivity (Wildman–Crippen MR) is 200 cm³/mol. The third-order valence-electron chi connectivity index (χ3n) is 10.7. The predicted octanol–water partition coefficient (Wildman–Crippen LogP) is 9.31. The molecule has 8 heteroatoms. The van der Waals surface area contributed by atoms with Gasteiger partial charge in [-0.25, -0.2) is 19.2 Å². The van der Waals surface area contributed by atoms with E-state index in [0.717, 1.165) is 44.5 Å². The van der Waals surface area contributed by atoms with Crippen molar-refractivity contribution in [3.63, 3.8) is 0 Å². The Morgan fingerprint density at radius 1 is 0.385 bits per heavy atom. The quantitative estimate of drug-likeness (QED) is 0.132. The first-order chi connectivity index (χ1) is 25.1. The smallest absolute Gasteiger partial charge is 0.338 e. The molecule has 0 amide bonds. The lowest BCUT2D eigenvalue weighted by molar-refractivity contribution is 0.0590. The van der Waals surface area contributed by atoms with Crippen LogP contribution in [-0.2, 0) is 18.9 Å². The summed E-state index contributed by atoms with van der Waals surface area (Å²) in [6.07, 6.45) is 2.60. The van der Waals surface area contributed by atoms with Gasteiger partial charge in [0.15, 0.2) is 0 Å². The Bertz CT molecular complexity index is 1710. The summed E-state index contributed by atoms with van der Waals surface area (Å²) in [5, 5.41) is 0. The number of hydrogen-bond donors (Lipinski definition) is 0. The fourth-order valence-corrected chi connectivity index (χ4v) is 8.07. The molecule has 0 aliphatic heterocycles. The summed E-state index contributed by atoms with van der Waals surface area (Å²) in [5.74, 6) is -2.73. The van der Waals surface area contributed by atoms with Crippen molar-refractivity contribution in [2.75, 3.05) is 28.4 Å². The summed E-state index contributed by atoms with van der Waals surface area (Å²) >= 11 is 0. The number of hydrogen-bond acceptors (Lipinski definition) is 8. The van der Waals surface area contributed by atoms with Crippen molar-refractivity contribution >= 4 is 23.9 Å². The molecule has 0 saturated heterocycles. The highest BCUT2D eigenvalue weighted by molar-refractivity contribution is 5.94. The molecule has 4 aromatic carbocycles. The molecule has 0 radical (unpaired) electrons. The largest absolute Gasteiger partial charge is 0.465 e. The highest BCUT2D eigenvalue weighted by atomic mass is 16.5. The minimum absolute atomic E-state index is 0.240. The maximum absolute atomic E-state index is 13.3. The van der Waals surface area contributed by atoms with E-state index >= 15 is 0 Å². The topological polar surface area (TPSA) is 105 Å². The molecule has 0 heterocycles. The van der Waals surface area contributed by atoms with Crippen LogP contribution in [0.3, 0.4) is 0 Å². The van der Waals surface area contributed by atoms with Crippen LogP contribution >= 0.6 is 0 Å². The average Bonchev–Trinajstić information content (AvgIpc) is 3.18. The standard InChI is InChI=1S/C44H48O8/c1-9-29-25-13-17-34(42(46)50-6)38(21-25)31(11-3)27-15-19-36(44(48)52-8)40(23-27)32(12-4)28-16-20-35(43(47)51-7)39(24-28)30(10-2)26-14-18-33(37(29)22-26)41(45)49-5/h13-24,29-32H,9-12H2,1-8H3. The van der Waals surface area contributed by atoms with Gasteiger partial charge < -0.3 is 18.9 Å². The number of carbonyl (C=O) groups excluding carboxylic acids is 4. The second kappa shape index (κ2) is 16.4. The first-order valence-electron chi connectivity index (χ1n) is 18.0. The number of methoxy groups -OCH3 is 4.